The Hall–Kier alpha value is -2.82. The standard InChI is InChI=1S/C24H33N3O2/c1-16(2)19-15-18(29-6)11-12-21(19)27-17(3)24(4,5)20-9-7-8-10-22(20)26-14-13-23(25)28/h7-12,15-16,26H,13-14H2,1-6H3,(H2,25,28). The lowest BCUT2D eigenvalue weighted by molar-refractivity contribution is -0.117. The topological polar surface area (TPSA) is 76.7 Å². The summed E-state index contributed by atoms with van der Waals surface area (Å²) in [6.45, 7) is 11.2. The maximum absolute atomic E-state index is 11.1. The van der Waals surface area contributed by atoms with Crippen molar-refractivity contribution >= 4 is 23.0 Å². The fourth-order valence-electron chi connectivity index (χ4n) is 3.24. The Morgan fingerprint density at radius 3 is 2.52 bits per heavy atom. The van der Waals surface area contributed by atoms with Crippen LogP contribution in [0.3, 0.4) is 0 Å². The number of amides is 1. The molecule has 2 aromatic carbocycles. The second-order valence-electron chi connectivity index (χ2n) is 8.09. The monoisotopic (exact) mass is 395 g/mol. The molecule has 0 aromatic heterocycles. The normalized spacial score (nSPS) is 12.2. The van der Waals surface area contributed by atoms with Gasteiger partial charge in [0.05, 0.1) is 12.8 Å². The van der Waals surface area contributed by atoms with Gasteiger partial charge in [-0.05, 0) is 48.2 Å². The number of benzene rings is 2. The van der Waals surface area contributed by atoms with Crippen molar-refractivity contribution in [2.24, 2.45) is 10.7 Å². The van der Waals surface area contributed by atoms with Crippen LogP contribution in [-0.4, -0.2) is 25.3 Å². The van der Waals surface area contributed by atoms with Gasteiger partial charge in [0, 0.05) is 29.8 Å². The van der Waals surface area contributed by atoms with Crippen molar-refractivity contribution in [3.63, 3.8) is 0 Å². The molecule has 0 aliphatic rings. The zero-order valence-corrected chi connectivity index (χ0v) is 18.4. The summed E-state index contributed by atoms with van der Waals surface area (Å²) in [6, 6.07) is 14.2. The predicted molar refractivity (Wildman–Crippen MR) is 122 cm³/mol. The second-order valence-corrected chi connectivity index (χ2v) is 8.09. The van der Waals surface area contributed by atoms with Gasteiger partial charge >= 0.3 is 0 Å². The number of carbonyl (C=O) groups excluding carboxylic acids is 1. The Balaban J connectivity index is 2.40. The Bertz CT molecular complexity index is 885. The highest BCUT2D eigenvalue weighted by molar-refractivity contribution is 5.95. The number of ether oxygens (including phenoxy) is 1. The van der Waals surface area contributed by atoms with Crippen molar-refractivity contribution in [1.82, 2.24) is 0 Å². The van der Waals surface area contributed by atoms with E-state index in [2.05, 4.69) is 52.1 Å². The molecule has 2 rings (SSSR count). The lowest BCUT2D eigenvalue weighted by Crippen LogP contribution is -2.28. The highest BCUT2D eigenvalue weighted by Crippen LogP contribution is 2.35. The lowest BCUT2D eigenvalue weighted by atomic mass is 9.79. The van der Waals surface area contributed by atoms with Crippen LogP contribution in [0.25, 0.3) is 0 Å². The summed E-state index contributed by atoms with van der Waals surface area (Å²) in [5.74, 6) is 0.865. The molecule has 156 valence electrons. The number of nitrogens with one attached hydrogen (secondary N) is 1. The summed E-state index contributed by atoms with van der Waals surface area (Å²) < 4.78 is 5.38. The summed E-state index contributed by atoms with van der Waals surface area (Å²) in [5.41, 5.74) is 10.2. The van der Waals surface area contributed by atoms with Crippen LogP contribution in [0.5, 0.6) is 5.75 Å². The van der Waals surface area contributed by atoms with Gasteiger partial charge in [-0.2, -0.15) is 0 Å². The molecule has 29 heavy (non-hydrogen) atoms. The maximum Gasteiger partial charge on any atom is 0.219 e. The summed E-state index contributed by atoms with van der Waals surface area (Å²) in [6.07, 6.45) is 0.297. The average molecular weight is 396 g/mol. The summed E-state index contributed by atoms with van der Waals surface area (Å²) in [5, 5.41) is 3.34. The van der Waals surface area contributed by atoms with E-state index in [1.807, 2.05) is 30.3 Å². The van der Waals surface area contributed by atoms with E-state index in [1.165, 1.54) is 0 Å². The van der Waals surface area contributed by atoms with E-state index in [0.29, 0.717) is 18.9 Å². The van der Waals surface area contributed by atoms with Gasteiger partial charge < -0.3 is 15.8 Å². The zero-order chi connectivity index (χ0) is 21.6. The van der Waals surface area contributed by atoms with E-state index >= 15 is 0 Å². The number of aliphatic imine (C=N–C) groups is 1. The Morgan fingerprint density at radius 2 is 1.90 bits per heavy atom. The maximum atomic E-state index is 11.1. The van der Waals surface area contributed by atoms with Crippen LogP contribution in [0.4, 0.5) is 11.4 Å². The molecule has 0 fully saturated rings. The van der Waals surface area contributed by atoms with Gasteiger partial charge in [-0.25, -0.2) is 0 Å². The first kappa shape index (κ1) is 22.5. The van der Waals surface area contributed by atoms with Crippen LogP contribution >= 0.6 is 0 Å². The van der Waals surface area contributed by atoms with Crippen molar-refractivity contribution in [2.45, 2.75) is 52.4 Å². The molecule has 0 heterocycles. The molecular formula is C24H33N3O2. The predicted octanol–water partition coefficient (Wildman–Crippen LogP) is 5.18. The fraction of sp³-hybridized carbons (Fsp3) is 0.417. The molecule has 0 aliphatic carbocycles. The quantitative estimate of drug-likeness (QED) is 0.575. The van der Waals surface area contributed by atoms with Crippen LogP contribution in [0.1, 0.15) is 58.1 Å². The average Bonchev–Trinajstić information content (AvgIpc) is 2.68. The molecular weight excluding hydrogens is 362 g/mol. The minimum atomic E-state index is -0.312. The molecule has 5 heteroatoms. The molecule has 0 bridgehead atoms. The van der Waals surface area contributed by atoms with E-state index < -0.39 is 0 Å². The highest BCUT2D eigenvalue weighted by Gasteiger charge is 2.27. The van der Waals surface area contributed by atoms with Crippen LogP contribution in [-0.2, 0) is 10.2 Å². The van der Waals surface area contributed by atoms with Crippen LogP contribution in [0.15, 0.2) is 47.5 Å². The molecule has 0 saturated heterocycles. The molecule has 3 N–H and O–H groups in total. The third-order valence-electron chi connectivity index (χ3n) is 5.34. The first-order valence-corrected chi connectivity index (χ1v) is 10.0. The van der Waals surface area contributed by atoms with Crippen LogP contribution in [0, 0.1) is 0 Å². The number of anilines is 1. The van der Waals surface area contributed by atoms with Gasteiger partial charge in [-0.1, -0.05) is 45.9 Å². The number of para-hydroxylation sites is 1. The first-order chi connectivity index (χ1) is 13.7. The van der Waals surface area contributed by atoms with Gasteiger partial charge in [0.15, 0.2) is 0 Å². The molecule has 1 amide bonds. The van der Waals surface area contributed by atoms with Crippen molar-refractivity contribution in [3.05, 3.63) is 53.6 Å². The number of carbonyl (C=O) groups is 1. The fourth-order valence-corrected chi connectivity index (χ4v) is 3.24. The minimum absolute atomic E-state index is 0.297. The largest absolute Gasteiger partial charge is 0.497 e. The van der Waals surface area contributed by atoms with Crippen LogP contribution < -0.4 is 15.8 Å². The summed E-state index contributed by atoms with van der Waals surface area (Å²) in [7, 11) is 1.68. The minimum Gasteiger partial charge on any atom is -0.497 e. The number of nitrogens with two attached hydrogens (primary N) is 1. The molecule has 0 aliphatic heterocycles. The van der Waals surface area contributed by atoms with E-state index in [-0.39, 0.29) is 11.3 Å². The van der Waals surface area contributed by atoms with Crippen molar-refractivity contribution < 1.29 is 9.53 Å². The Kier molecular flexibility index (Phi) is 7.43. The molecule has 2 aromatic rings. The number of hydrogen-bond donors (Lipinski definition) is 2. The SMILES string of the molecule is COc1ccc(N=C(C)C(C)(C)c2ccccc2NCCC(N)=O)c(C(C)C)c1. The van der Waals surface area contributed by atoms with Gasteiger partial charge in [0.25, 0.3) is 0 Å². The van der Waals surface area contributed by atoms with Gasteiger partial charge in [-0.15, -0.1) is 0 Å². The van der Waals surface area contributed by atoms with Gasteiger partial charge in [0.1, 0.15) is 5.75 Å². The Morgan fingerprint density at radius 1 is 1.21 bits per heavy atom. The molecule has 5 nitrogen and oxygen atoms in total. The van der Waals surface area contributed by atoms with Gasteiger partial charge in [-0.3, -0.25) is 9.79 Å². The van der Waals surface area contributed by atoms with E-state index in [0.717, 1.165) is 34.0 Å². The van der Waals surface area contributed by atoms with Crippen molar-refractivity contribution in [3.8, 4) is 5.75 Å². The number of rotatable bonds is 9. The second kappa shape index (κ2) is 9.59. The third-order valence-corrected chi connectivity index (χ3v) is 5.34. The Labute approximate surface area is 174 Å². The summed E-state index contributed by atoms with van der Waals surface area (Å²) in [4.78, 5) is 16.1. The van der Waals surface area contributed by atoms with E-state index in [4.69, 9.17) is 15.5 Å². The number of nitrogens with zero attached hydrogens (tertiary/aromatic N) is 1. The number of primary amides is 1. The molecule has 0 radical (unpaired) electrons. The van der Waals surface area contributed by atoms with Crippen LogP contribution in [0.2, 0.25) is 0 Å². The van der Waals surface area contributed by atoms with Crippen molar-refractivity contribution in [2.75, 3.05) is 19.0 Å². The lowest BCUT2D eigenvalue weighted by Gasteiger charge is -2.28. The number of methoxy groups -OCH3 is 1. The number of hydrogen-bond acceptors (Lipinski definition) is 4. The van der Waals surface area contributed by atoms with E-state index in [1.54, 1.807) is 7.11 Å². The highest BCUT2D eigenvalue weighted by atomic mass is 16.5. The van der Waals surface area contributed by atoms with E-state index in [9.17, 15) is 4.79 Å². The summed E-state index contributed by atoms with van der Waals surface area (Å²) >= 11 is 0. The van der Waals surface area contributed by atoms with Gasteiger partial charge in [0.2, 0.25) is 5.91 Å². The van der Waals surface area contributed by atoms with Crippen molar-refractivity contribution in [1.29, 1.82) is 0 Å². The molecule has 0 atom stereocenters. The molecule has 0 saturated carbocycles. The smallest absolute Gasteiger partial charge is 0.219 e. The molecule has 0 spiro atoms. The first-order valence-electron chi connectivity index (χ1n) is 10.0. The molecule has 0 unspecified atom stereocenters. The zero-order valence-electron chi connectivity index (χ0n) is 18.4. The third kappa shape index (κ3) is 5.59.